The topological polar surface area (TPSA) is 32.8 Å². The minimum absolute atomic E-state index is 0.0832. The van der Waals surface area contributed by atoms with E-state index < -0.39 is 0 Å². The molecule has 4 nitrogen and oxygen atoms in total. The van der Waals surface area contributed by atoms with Crippen molar-refractivity contribution < 1.29 is 9.53 Å². The second-order valence-corrected chi connectivity index (χ2v) is 6.98. The third kappa shape index (κ3) is 4.81. The Kier molecular flexibility index (Phi) is 6.67. The molecule has 1 aromatic carbocycles. The van der Waals surface area contributed by atoms with Gasteiger partial charge < -0.3 is 4.74 Å². The number of esters is 1. The van der Waals surface area contributed by atoms with Gasteiger partial charge in [-0.3, -0.25) is 9.80 Å². The molecule has 2 saturated heterocycles. The van der Waals surface area contributed by atoms with Crippen LogP contribution >= 0.6 is 0 Å². The molecule has 0 aliphatic carbocycles. The molecule has 2 aliphatic rings. The zero-order chi connectivity index (χ0) is 16.6. The Morgan fingerprint density at radius 2 is 1.54 bits per heavy atom. The normalized spacial score (nSPS) is 21.3. The van der Waals surface area contributed by atoms with Crippen molar-refractivity contribution in [1.29, 1.82) is 0 Å². The van der Waals surface area contributed by atoms with Crippen molar-refractivity contribution in [2.24, 2.45) is 0 Å². The molecule has 0 spiro atoms. The van der Waals surface area contributed by atoms with Gasteiger partial charge in [-0.1, -0.05) is 43.2 Å². The van der Waals surface area contributed by atoms with E-state index in [0.717, 1.165) is 38.3 Å². The number of carbonyl (C=O) groups is 1. The molecule has 0 unspecified atom stereocenters. The molecule has 0 saturated carbocycles. The fourth-order valence-electron chi connectivity index (χ4n) is 3.85. The van der Waals surface area contributed by atoms with Gasteiger partial charge in [0.1, 0.15) is 12.6 Å². The Morgan fingerprint density at radius 1 is 0.917 bits per heavy atom. The first-order chi connectivity index (χ1) is 11.8. The van der Waals surface area contributed by atoms with Crippen LogP contribution < -0.4 is 0 Å². The highest BCUT2D eigenvalue weighted by molar-refractivity contribution is 5.77. The maximum Gasteiger partial charge on any atom is 0.328 e. The van der Waals surface area contributed by atoms with Gasteiger partial charge in [-0.05, 0) is 57.4 Å². The number of nitrogens with zero attached hydrogens (tertiary/aromatic N) is 2. The van der Waals surface area contributed by atoms with Crippen LogP contribution in [0.5, 0.6) is 0 Å². The Bertz CT molecular complexity index is 494. The molecule has 1 aromatic rings. The summed E-state index contributed by atoms with van der Waals surface area (Å²) >= 11 is 0. The summed E-state index contributed by atoms with van der Waals surface area (Å²) in [6.45, 7) is 5.64. The maximum atomic E-state index is 12.8. The average Bonchev–Trinajstić information content (AvgIpc) is 2.65. The van der Waals surface area contributed by atoms with E-state index in [1.165, 1.54) is 38.5 Å². The molecule has 4 heteroatoms. The summed E-state index contributed by atoms with van der Waals surface area (Å²) in [5.74, 6) is -0.0832. The van der Waals surface area contributed by atoms with Gasteiger partial charge in [0.25, 0.3) is 0 Å². The summed E-state index contributed by atoms with van der Waals surface area (Å²) < 4.78 is 5.69. The number of hydrogen-bond acceptors (Lipinski definition) is 4. The van der Waals surface area contributed by atoms with Crippen LogP contribution in [-0.2, 0) is 9.53 Å². The van der Waals surface area contributed by atoms with Crippen LogP contribution in [0, 0.1) is 0 Å². The van der Waals surface area contributed by atoms with E-state index >= 15 is 0 Å². The smallest absolute Gasteiger partial charge is 0.328 e. The molecule has 0 bridgehead atoms. The number of piperidine rings is 2. The monoisotopic (exact) mass is 330 g/mol. The van der Waals surface area contributed by atoms with E-state index in [9.17, 15) is 4.79 Å². The molecule has 0 radical (unpaired) electrons. The molecular weight excluding hydrogens is 300 g/mol. The summed E-state index contributed by atoms with van der Waals surface area (Å²) in [6.07, 6.45) is 7.49. The van der Waals surface area contributed by atoms with E-state index in [2.05, 4.69) is 9.80 Å². The SMILES string of the molecule is O=C(OCCN1CCCCC1)[C@H](c1ccccc1)N1CCCCC1. The maximum absolute atomic E-state index is 12.8. The third-order valence-electron chi connectivity index (χ3n) is 5.19. The molecule has 1 atom stereocenters. The largest absolute Gasteiger partial charge is 0.463 e. The Balaban J connectivity index is 1.58. The van der Waals surface area contributed by atoms with Crippen LogP contribution in [0.4, 0.5) is 0 Å². The van der Waals surface area contributed by atoms with Crippen molar-refractivity contribution in [3.8, 4) is 0 Å². The summed E-state index contributed by atoms with van der Waals surface area (Å²) in [5, 5.41) is 0. The molecule has 0 N–H and O–H groups in total. The minimum Gasteiger partial charge on any atom is -0.463 e. The number of rotatable bonds is 6. The summed E-state index contributed by atoms with van der Waals surface area (Å²) in [6, 6.07) is 9.86. The molecule has 2 aliphatic heterocycles. The predicted octanol–water partition coefficient (Wildman–Crippen LogP) is 3.24. The van der Waals surface area contributed by atoms with Gasteiger partial charge in [0.2, 0.25) is 0 Å². The number of ether oxygens (including phenoxy) is 1. The minimum atomic E-state index is -0.243. The lowest BCUT2D eigenvalue weighted by atomic mass is 10.0. The highest BCUT2D eigenvalue weighted by Crippen LogP contribution is 2.26. The Labute approximate surface area is 145 Å². The van der Waals surface area contributed by atoms with Crippen molar-refractivity contribution in [1.82, 2.24) is 9.80 Å². The molecule has 2 fully saturated rings. The molecule has 24 heavy (non-hydrogen) atoms. The predicted molar refractivity (Wildman–Crippen MR) is 95.9 cm³/mol. The third-order valence-corrected chi connectivity index (χ3v) is 5.19. The van der Waals surface area contributed by atoms with E-state index in [1.54, 1.807) is 0 Å². The number of hydrogen-bond donors (Lipinski definition) is 0. The summed E-state index contributed by atoms with van der Waals surface area (Å²) in [7, 11) is 0. The van der Waals surface area contributed by atoms with Crippen LogP contribution in [-0.4, -0.2) is 55.1 Å². The van der Waals surface area contributed by atoms with Crippen LogP contribution in [0.2, 0.25) is 0 Å². The molecule has 0 amide bonds. The highest BCUT2D eigenvalue weighted by atomic mass is 16.5. The van der Waals surface area contributed by atoms with E-state index in [-0.39, 0.29) is 12.0 Å². The number of benzene rings is 1. The Morgan fingerprint density at radius 3 is 2.21 bits per heavy atom. The van der Waals surface area contributed by atoms with Crippen molar-refractivity contribution in [2.75, 3.05) is 39.3 Å². The van der Waals surface area contributed by atoms with Gasteiger partial charge in [-0.2, -0.15) is 0 Å². The first-order valence-electron chi connectivity index (χ1n) is 9.52. The second-order valence-electron chi connectivity index (χ2n) is 6.98. The first kappa shape index (κ1) is 17.4. The van der Waals surface area contributed by atoms with Gasteiger partial charge in [-0.25, -0.2) is 4.79 Å². The molecule has 3 rings (SSSR count). The van der Waals surface area contributed by atoms with Gasteiger partial charge >= 0.3 is 5.97 Å². The fourth-order valence-corrected chi connectivity index (χ4v) is 3.85. The lowest BCUT2D eigenvalue weighted by Gasteiger charge is -2.33. The highest BCUT2D eigenvalue weighted by Gasteiger charge is 2.30. The fraction of sp³-hybridized carbons (Fsp3) is 0.650. The van der Waals surface area contributed by atoms with Crippen LogP contribution in [0.3, 0.4) is 0 Å². The molecular formula is C20H30N2O2. The van der Waals surface area contributed by atoms with Gasteiger partial charge in [0.15, 0.2) is 0 Å². The van der Waals surface area contributed by atoms with Crippen LogP contribution in [0.15, 0.2) is 30.3 Å². The van der Waals surface area contributed by atoms with Crippen LogP contribution in [0.1, 0.15) is 50.1 Å². The van der Waals surface area contributed by atoms with Crippen molar-refractivity contribution >= 4 is 5.97 Å². The second kappa shape index (κ2) is 9.19. The molecule has 132 valence electrons. The molecule has 2 heterocycles. The zero-order valence-corrected chi connectivity index (χ0v) is 14.7. The number of carbonyl (C=O) groups excluding carboxylic acids is 1. The lowest BCUT2D eigenvalue weighted by Crippen LogP contribution is -2.40. The first-order valence-corrected chi connectivity index (χ1v) is 9.52. The summed E-state index contributed by atoms with van der Waals surface area (Å²) in [5.41, 5.74) is 1.06. The standard InChI is InChI=1S/C20H30N2O2/c23-20(24-17-16-21-12-6-2-7-13-21)19(18-10-4-1-5-11-18)22-14-8-3-9-15-22/h1,4-5,10-11,19H,2-3,6-9,12-17H2/t19-/m0/s1. The van der Waals surface area contributed by atoms with E-state index in [4.69, 9.17) is 4.74 Å². The molecule has 0 aromatic heterocycles. The van der Waals surface area contributed by atoms with Gasteiger partial charge in [-0.15, -0.1) is 0 Å². The van der Waals surface area contributed by atoms with E-state index in [1.807, 2.05) is 30.3 Å². The van der Waals surface area contributed by atoms with Crippen molar-refractivity contribution in [2.45, 2.75) is 44.6 Å². The van der Waals surface area contributed by atoms with E-state index in [0.29, 0.717) is 6.61 Å². The Hall–Kier alpha value is -1.39. The quantitative estimate of drug-likeness (QED) is 0.750. The van der Waals surface area contributed by atoms with Gasteiger partial charge in [0.05, 0.1) is 0 Å². The van der Waals surface area contributed by atoms with Crippen molar-refractivity contribution in [3.63, 3.8) is 0 Å². The van der Waals surface area contributed by atoms with Gasteiger partial charge in [0, 0.05) is 6.54 Å². The lowest BCUT2D eigenvalue weighted by molar-refractivity contribution is -0.151. The van der Waals surface area contributed by atoms with Crippen LogP contribution in [0.25, 0.3) is 0 Å². The zero-order valence-electron chi connectivity index (χ0n) is 14.7. The number of likely N-dealkylation sites (tertiary alicyclic amines) is 2. The summed E-state index contributed by atoms with van der Waals surface area (Å²) in [4.78, 5) is 17.5. The average molecular weight is 330 g/mol. The van der Waals surface area contributed by atoms with Crippen molar-refractivity contribution in [3.05, 3.63) is 35.9 Å².